The molecule has 1 heterocycles. The Bertz CT molecular complexity index is 434. The molecule has 1 fully saturated rings. The first kappa shape index (κ1) is 14.2. The van der Waals surface area contributed by atoms with Gasteiger partial charge in [0.25, 0.3) is 0 Å². The number of methoxy groups -OCH3 is 2. The molecule has 0 amide bonds. The van der Waals surface area contributed by atoms with Gasteiger partial charge in [0.15, 0.2) is 0 Å². The summed E-state index contributed by atoms with van der Waals surface area (Å²) < 4.78 is 10.9. The van der Waals surface area contributed by atoms with Gasteiger partial charge in [0.05, 0.1) is 27.4 Å². The zero-order valence-electron chi connectivity index (χ0n) is 12.0. The molecular weight excluding hydrogens is 242 g/mol. The van der Waals surface area contributed by atoms with E-state index >= 15 is 0 Å². The van der Waals surface area contributed by atoms with Crippen molar-refractivity contribution >= 4 is 0 Å². The van der Waals surface area contributed by atoms with Crippen molar-refractivity contribution in [1.82, 2.24) is 0 Å². The van der Waals surface area contributed by atoms with Crippen LogP contribution < -0.4 is 14.4 Å². The van der Waals surface area contributed by atoms with E-state index in [4.69, 9.17) is 9.47 Å². The molecule has 1 aromatic carbocycles. The van der Waals surface area contributed by atoms with Crippen molar-refractivity contribution in [2.75, 3.05) is 27.4 Å². The van der Waals surface area contributed by atoms with Crippen molar-refractivity contribution in [2.24, 2.45) is 0 Å². The molecule has 1 aliphatic rings. The van der Waals surface area contributed by atoms with Crippen LogP contribution in [0.2, 0.25) is 0 Å². The van der Waals surface area contributed by atoms with Crippen molar-refractivity contribution in [3.05, 3.63) is 23.3 Å². The van der Waals surface area contributed by atoms with Crippen LogP contribution in [0.15, 0.2) is 12.1 Å². The van der Waals surface area contributed by atoms with Gasteiger partial charge < -0.3 is 19.5 Å². The Balaban J connectivity index is 2.22. The first-order valence-electron chi connectivity index (χ1n) is 6.87. The van der Waals surface area contributed by atoms with Crippen LogP contribution in [0.3, 0.4) is 0 Å². The summed E-state index contributed by atoms with van der Waals surface area (Å²) in [5, 5.41) is 9.41. The minimum absolute atomic E-state index is 0.271. The summed E-state index contributed by atoms with van der Waals surface area (Å²) in [6.07, 6.45) is 2.31. The monoisotopic (exact) mass is 266 g/mol. The van der Waals surface area contributed by atoms with E-state index in [-0.39, 0.29) is 6.61 Å². The van der Waals surface area contributed by atoms with Gasteiger partial charge in [-0.1, -0.05) is 0 Å². The van der Waals surface area contributed by atoms with Crippen LogP contribution >= 0.6 is 0 Å². The third-order valence-electron chi connectivity index (χ3n) is 4.13. The Kier molecular flexibility index (Phi) is 4.66. The predicted octanol–water partition coefficient (Wildman–Crippen LogP) is 0.552. The molecule has 0 radical (unpaired) electrons. The number of quaternary nitrogens is 1. The molecule has 0 aromatic heterocycles. The molecule has 19 heavy (non-hydrogen) atoms. The normalized spacial score (nSPS) is 22.5. The van der Waals surface area contributed by atoms with Gasteiger partial charge in [-0.2, -0.15) is 0 Å². The molecule has 2 N–H and O–H groups in total. The van der Waals surface area contributed by atoms with Gasteiger partial charge in [0.2, 0.25) is 0 Å². The summed E-state index contributed by atoms with van der Waals surface area (Å²) in [6, 6.07) is 4.44. The third-order valence-corrected chi connectivity index (χ3v) is 4.13. The predicted molar refractivity (Wildman–Crippen MR) is 73.9 cm³/mol. The van der Waals surface area contributed by atoms with Crippen LogP contribution in [0.1, 0.15) is 24.0 Å². The average molecular weight is 266 g/mol. The highest BCUT2D eigenvalue weighted by atomic mass is 16.5. The maximum Gasteiger partial charge on any atom is 0.134 e. The van der Waals surface area contributed by atoms with E-state index in [9.17, 15) is 5.11 Å². The maximum atomic E-state index is 9.41. The van der Waals surface area contributed by atoms with Crippen molar-refractivity contribution in [2.45, 2.75) is 32.4 Å². The number of hydrogen-bond donors (Lipinski definition) is 2. The van der Waals surface area contributed by atoms with Crippen LogP contribution in [0.5, 0.6) is 11.5 Å². The van der Waals surface area contributed by atoms with E-state index in [1.165, 1.54) is 16.9 Å². The molecular formula is C15H24NO3+. The summed E-state index contributed by atoms with van der Waals surface area (Å²) in [6.45, 7) is 4.31. The van der Waals surface area contributed by atoms with Crippen LogP contribution in [-0.4, -0.2) is 38.5 Å². The molecule has 1 aromatic rings. The van der Waals surface area contributed by atoms with E-state index in [1.807, 2.05) is 13.0 Å². The minimum atomic E-state index is 0.271. The lowest BCUT2D eigenvalue weighted by Gasteiger charge is -2.22. The largest absolute Gasteiger partial charge is 0.496 e. The average Bonchev–Trinajstić information content (AvgIpc) is 2.86. The van der Waals surface area contributed by atoms with Gasteiger partial charge >= 0.3 is 0 Å². The number of nitrogens with one attached hydrogen (secondary N) is 1. The topological polar surface area (TPSA) is 43.1 Å². The highest BCUT2D eigenvalue weighted by Gasteiger charge is 2.28. The highest BCUT2D eigenvalue weighted by Crippen LogP contribution is 2.30. The number of rotatable bonds is 5. The molecule has 1 aliphatic heterocycles. The minimum Gasteiger partial charge on any atom is -0.496 e. The molecule has 4 nitrogen and oxygen atoms in total. The second kappa shape index (κ2) is 6.26. The summed E-state index contributed by atoms with van der Waals surface area (Å²) >= 11 is 0. The zero-order chi connectivity index (χ0) is 13.8. The molecule has 1 saturated heterocycles. The fraction of sp³-hybridized carbons (Fsp3) is 0.600. The molecule has 0 spiro atoms. The Morgan fingerprint density at radius 1 is 1.32 bits per heavy atom. The third kappa shape index (κ3) is 2.85. The number of likely N-dealkylation sites (tertiary alicyclic amines) is 1. The summed E-state index contributed by atoms with van der Waals surface area (Å²) in [5.74, 6) is 1.77. The summed E-state index contributed by atoms with van der Waals surface area (Å²) in [5.41, 5.74) is 2.23. The van der Waals surface area contributed by atoms with Gasteiger partial charge in [0.1, 0.15) is 24.1 Å². The second-order valence-corrected chi connectivity index (χ2v) is 5.19. The lowest BCUT2D eigenvalue weighted by Crippen LogP contribution is -3.12. The Morgan fingerprint density at radius 3 is 2.74 bits per heavy atom. The molecule has 106 valence electrons. The van der Waals surface area contributed by atoms with Gasteiger partial charge in [-0.05, 0) is 19.1 Å². The molecule has 4 heteroatoms. The van der Waals surface area contributed by atoms with Crippen LogP contribution in [0, 0.1) is 6.92 Å². The van der Waals surface area contributed by atoms with Crippen molar-refractivity contribution < 1.29 is 19.5 Å². The fourth-order valence-corrected chi connectivity index (χ4v) is 3.06. The Hall–Kier alpha value is -1.26. The van der Waals surface area contributed by atoms with Gasteiger partial charge in [-0.25, -0.2) is 0 Å². The Labute approximate surface area is 114 Å². The van der Waals surface area contributed by atoms with Crippen LogP contribution in [0.4, 0.5) is 0 Å². The molecule has 2 rings (SSSR count). The second-order valence-electron chi connectivity index (χ2n) is 5.19. The van der Waals surface area contributed by atoms with Crippen molar-refractivity contribution in [3.63, 3.8) is 0 Å². The lowest BCUT2D eigenvalue weighted by molar-refractivity contribution is -0.926. The highest BCUT2D eigenvalue weighted by molar-refractivity contribution is 5.49. The number of hydrogen-bond acceptors (Lipinski definition) is 3. The molecule has 1 unspecified atom stereocenters. The van der Waals surface area contributed by atoms with E-state index < -0.39 is 0 Å². The quantitative estimate of drug-likeness (QED) is 0.818. The van der Waals surface area contributed by atoms with Crippen LogP contribution in [-0.2, 0) is 6.54 Å². The zero-order valence-corrected chi connectivity index (χ0v) is 12.0. The van der Waals surface area contributed by atoms with Crippen molar-refractivity contribution in [3.8, 4) is 11.5 Å². The SMILES string of the molecule is COc1ccc(C[NH+]2CCC[C@H]2CO)c(OC)c1C. The number of aliphatic hydroxyl groups is 1. The van der Waals surface area contributed by atoms with E-state index in [1.54, 1.807) is 14.2 Å². The molecule has 0 saturated carbocycles. The Morgan fingerprint density at radius 2 is 2.11 bits per heavy atom. The summed E-state index contributed by atoms with van der Waals surface area (Å²) in [7, 11) is 3.38. The van der Waals surface area contributed by atoms with E-state index in [2.05, 4.69) is 6.07 Å². The first-order valence-corrected chi connectivity index (χ1v) is 6.87. The smallest absolute Gasteiger partial charge is 0.134 e. The standard InChI is InChI=1S/C15H23NO3/c1-11-14(18-2)7-6-12(15(11)19-3)9-16-8-4-5-13(16)10-17/h6-7,13,17H,4-5,8-10H2,1-3H3/p+1/t13-/m0/s1. The molecule has 0 aliphatic carbocycles. The molecule has 2 atom stereocenters. The van der Waals surface area contributed by atoms with E-state index in [0.29, 0.717) is 6.04 Å². The fourth-order valence-electron chi connectivity index (χ4n) is 3.06. The maximum absolute atomic E-state index is 9.41. The van der Waals surface area contributed by atoms with Crippen LogP contribution in [0.25, 0.3) is 0 Å². The first-order chi connectivity index (χ1) is 9.21. The number of benzene rings is 1. The number of ether oxygens (including phenoxy) is 2. The lowest BCUT2D eigenvalue weighted by atomic mass is 10.1. The van der Waals surface area contributed by atoms with Gasteiger partial charge in [0, 0.05) is 24.0 Å². The van der Waals surface area contributed by atoms with Gasteiger partial charge in [-0.3, -0.25) is 0 Å². The van der Waals surface area contributed by atoms with Crippen molar-refractivity contribution in [1.29, 1.82) is 0 Å². The summed E-state index contributed by atoms with van der Waals surface area (Å²) in [4.78, 5) is 1.45. The molecule has 0 bridgehead atoms. The number of aliphatic hydroxyl groups excluding tert-OH is 1. The van der Waals surface area contributed by atoms with Gasteiger partial charge in [-0.15, -0.1) is 0 Å². The van der Waals surface area contributed by atoms with E-state index in [0.717, 1.165) is 36.6 Å².